The van der Waals surface area contributed by atoms with Crippen molar-refractivity contribution in [2.24, 2.45) is 0 Å². The van der Waals surface area contributed by atoms with Crippen molar-refractivity contribution >= 4 is 21.9 Å². The molecular weight excluding hydrogens is 402 g/mol. The minimum atomic E-state index is 0.918. The van der Waals surface area contributed by atoms with Crippen LogP contribution in [0, 0.1) is 0 Å². The topological polar surface area (TPSA) is 26.0 Å². The van der Waals surface area contributed by atoms with Gasteiger partial charge in [0.25, 0.3) is 0 Å². The molecule has 0 bridgehead atoms. The maximum absolute atomic E-state index is 6.44. The summed E-state index contributed by atoms with van der Waals surface area (Å²) in [6, 6.07) is 27.7. The van der Waals surface area contributed by atoms with E-state index in [9.17, 15) is 0 Å². The minimum Gasteiger partial charge on any atom is -0.455 e. The highest BCUT2D eigenvalue weighted by atomic mass is 16.3. The zero-order chi connectivity index (χ0) is 22.5. The van der Waals surface area contributed by atoms with Gasteiger partial charge in [-0.25, -0.2) is 0 Å². The number of aryl methyl sites for hydroxylation is 1. The summed E-state index contributed by atoms with van der Waals surface area (Å²) in [5.41, 5.74) is 7.62. The fraction of sp³-hybridized carbons (Fsp3) is 0.258. The average molecular weight is 434 g/mol. The zero-order valence-electron chi connectivity index (χ0n) is 19.4. The molecule has 0 fully saturated rings. The van der Waals surface area contributed by atoms with Crippen molar-refractivity contribution in [3.05, 3.63) is 90.6 Å². The van der Waals surface area contributed by atoms with Crippen LogP contribution in [0.3, 0.4) is 0 Å². The molecule has 0 aliphatic carbocycles. The van der Waals surface area contributed by atoms with Gasteiger partial charge >= 0.3 is 0 Å². The van der Waals surface area contributed by atoms with Crippen LogP contribution < -0.4 is 0 Å². The van der Waals surface area contributed by atoms with Crippen molar-refractivity contribution in [3.63, 3.8) is 0 Å². The Kier molecular flexibility index (Phi) is 6.53. The molecule has 166 valence electrons. The van der Waals surface area contributed by atoms with E-state index in [0.29, 0.717) is 0 Å². The van der Waals surface area contributed by atoms with Crippen LogP contribution in [0.2, 0.25) is 0 Å². The number of para-hydroxylation sites is 1. The van der Waals surface area contributed by atoms with Crippen molar-refractivity contribution in [1.29, 1.82) is 0 Å². The zero-order valence-corrected chi connectivity index (χ0v) is 19.4. The lowest BCUT2D eigenvalue weighted by Crippen LogP contribution is -1.90. The first-order valence-corrected chi connectivity index (χ1v) is 12.3. The van der Waals surface area contributed by atoms with E-state index in [1.54, 1.807) is 0 Å². The van der Waals surface area contributed by atoms with Gasteiger partial charge in [0.05, 0.1) is 5.69 Å². The molecule has 0 aliphatic rings. The summed E-state index contributed by atoms with van der Waals surface area (Å²) in [7, 11) is 0. The van der Waals surface area contributed by atoms with Crippen LogP contribution in [0.1, 0.15) is 51.0 Å². The van der Waals surface area contributed by atoms with E-state index in [4.69, 9.17) is 9.40 Å². The van der Waals surface area contributed by atoms with Crippen molar-refractivity contribution in [3.8, 4) is 22.4 Å². The largest absolute Gasteiger partial charge is 0.455 e. The summed E-state index contributed by atoms with van der Waals surface area (Å²) < 4.78 is 6.44. The second kappa shape index (κ2) is 10.0. The van der Waals surface area contributed by atoms with E-state index in [2.05, 4.69) is 79.7 Å². The van der Waals surface area contributed by atoms with E-state index in [-0.39, 0.29) is 0 Å². The number of hydrogen-bond donors (Lipinski definition) is 0. The van der Waals surface area contributed by atoms with Crippen LogP contribution in [0.4, 0.5) is 0 Å². The normalized spacial score (nSPS) is 11.4. The lowest BCUT2D eigenvalue weighted by atomic mass is 10.0. The molecule has 0 saturated carbocycles. The number of nitrogens with zero attached hydrogens (tertiary/aromatic N) is 1. The number of benzene rings is 3. The molecule has 0 spiro atoms. The molecule has 3 aromatic carbocycles. The number of rotatable bonds is 9. The van der Waals surface area contributed by atoms with Crippen molar-refractivity contribution in [1.82, 2.24) is 4.98 Å². The first kappa shape index (κ1) is 21.5. The van der Waals surface area contributed by atoms with E-state index < -0.39 is 0 Å². The van der Waals surface area contributed by atoms with E-state index in [1.807, 2.05) is 12.3 Å². The Balaban J connectivity index is 1.44. The molecule has 2 heteroatoms. The molecule has 0 N–H and O–H groups in total. The molecule has 2 heterocycles. The van der Waals surface area contributed by atoms with Crippen LogP contribution in [0.15, 0.2) is 89.5 Å². The van der Waals surface area contributed by atoms with Crippen LogP contribution in [0.25, 0.3) is 44.3 Å². The summed E-state index contributed by atoms with van der Waals surface area (Å²) in [6.07, 6.45) is 11.0. The summed E-state index contributed by atoms with van der Waals surface area (Å²) in [5.74, 6) is 0. The van der Waals surface area contributed by atoms with Crippen LogP contribution in [-0.2, 0) is 6.42 Å². The van der Waals surface area contributed by atoms with Gasteiger partial charge in [0.1, 0.15) is 11.2 Å². The third-order valence-electron chi connectivity index (χ3n) is 6.53. The smallest absolute Gasteiger partial charge is 0.144 e. The number of furan rings is 1. The van der Waals surface area contributed by atoms with Crippen molar-refractivity contribution in [2.45, 2.75) is 51.9 Å². The van der Waals surface area contributed by atoms with Gasteiger partial charge in [-0.05, 0) is 59.9 Å². The van der Waals surface area contributed by atoms with Crippen LogP contribution in [0.5, 0.6) is 0 Å². The standard InChI is InChI=1S/C31H31NO/c1-2-3-4-5-6-8-12-23-19-20-32-29(21-23)28-16-11-15-27-26-18-17-25(22-30(26)33-31(27)28)24-13-9-7-10-14-24/h7,9-11,13-22H,2-6,8,12H2,1H3. The molecule has 33 heavy (non-hydrogen) atoms. The third kappa shape index (κ3) is 4.71. The first-order valence-electron chi connectivity index (χ1n) is 12.3. The molecule has 5 rings (SSSR count). The fourth-order valence-corrected chi connectivity index (χ4v) is 4.70. The predicted octanol–water partition coefficient (Wildman–Crippen LogP) is 9.22. The Morgan fingerprint density at radius 1 is 0.697 bits per heavy atom. The SMILES string of the molecule is CCCCCCCCc1ccnc(-c2cccc3c2oc2cc(-c4ccccc4)ccc23)c1. The number of unbranched alkanes of at least 4 members (excludes halogenated alkanes) is 5. The van der Waals surface area contributed by atoms with E-state index in [1.165, 1.54) is 55.2 Å². The Hall–Kier alpha value is -3.39. The Labute approximate surface area is 196 Å². The number of pyridine rings is 1. The average Bonchev–Trinajstić information content (AvgIpc) is 3.25. The minimum absolute atomic E-state index is 0.918. The monoisotopic (exact) mass is 433 g/mol. The van der Waals surface area contributed by atoms with Gasteiger partial charge in [0.2, 0.25) is 0 Å². The highest BCUT2D eigenvalue weighted by Crippen LogP contribution is 2.37. The predicted molar refractivity (Wildman–Crippen MR) is 139 cm³/mol. The molecule has 0 radical (unpaired) electrons. The molecule has 0 amide bonds. The Bertz CT molecular complexity index is 1350. The fourth-order valence-electron chi connectivity index (χ4n) is 4.70. The summed E-state index contributed by atoms with van der Waals surface area (Å²) in [6.45, 7) is 2.27. The summed E-state index contributed by atoms with van der Waals surface area (Å²) in [4.78, 5) is 4.70. The maximum Gasteiger partial charge on any atom is 0.144 e. The van der Waals surface area contributed by atoms with Gasteiger partial charge in [-0.15, -0.1) is 0 Å². The highest BCUT2D eigenvalue weighted by molar-refractivity contribution is 6.10. The van der Waals surface area contributed by atoms with Gasteiger partial charge in [0, 0.05) is 22.5 Å². The van der Waals surface area contributed by atoms with E-state index >= 15 is 0 Å². The van der Waals surface area contributed by atoms with Gasteiger partial charge in [0.15, 0.2) is 0 Å². The second-order valence-corrected chi connectivity index (χ2v) is 8.93. The molecule has 2 nitrogen and oxygen atoms in total. The second-order valence-electron chi connectivity index (χ2n) is 8.93. The lowest BCUT2D eigenvalue weighted by Gasteiger charge is -2.06. The van der Waals surface area contributed by atoms with Gasteiger partial charge in [-0.2, -0.15) is 0 Å². The Morgan fingerprint density at radius 3 is 2.42 bits per heavy atom. The molecular formula is C31H31NO. The summed E-state index contributed by atoms with van der Waals surface area (Å²) in [5, 5.41) is 2.29. The first-order chi connectivity index (χ1) is 16.3. The Morgan fingerprint density at radius 2 is 1.55 bits per heavy atom. The van der Waals surface area contributed by atoms with Crippen LogP contribution >= 0.6 is 0 Å². The molecule has 0 atom stereocenters. The molecule has 2 aromatic heterocycles. The molecule has 0 saturated heterocycles. The maximum atomic E-state index is 6.44. The summed E-state index contributed by atoms with van der Waals surface area (Å²) >= 11 is 0. The van der Waals surface area contributed by atoms with Gasteiger partial charge in [-0.1, -0.05) is 87.6 Å². The molecule has 5 aromatic rings. The van der Waals surface area contributed by atoms with Gasteiger partial charge in [-0.3, -0.25) is 4.98 Å². The van der Waals surface area contributed by atoms with Gasteiger partial charge < -0.3 is 4.42 Å². The number of aromatic nitrogens is 1. The molecule has 0 unspecified atom stereocenters. The highest BCUT2D eigenvalue weighted by Gasteiger charge is 2.14. The van der Waals surface area contributed by atoms with E-state index in [0.717, 1.165) is 39.6 Å². The number of hydrogen-bond acceptors (Lipinski definition) is 2. The lowest BCUT2D eigenvalue weighted by molar-refractivity contribution is 0.607. The van der Waals surface area contributed by atoms with Crippen molar-refractivity contribution in [2.75, 3.05) is 0 Å². The van der Waals surface area contributed by atoms with Crippen LogP contribution in [-0.4, -0.2) is 4.98 Å². The number of fused-ring (bicyclic) bond motifs is 3. The quantitative estimate of drug-likeness (QED) is 0.216. The molecule has 0 aliphatic heterocycles. The van der Waals surface area contributed by atoms with Crippen molar-refractivity contribution < 1.29 is 4.42 Å². The third-order valence-corrected chi connectivity index (χ3v) is 6.53.